The van der Waals surface area contributed by atoms with Crippen LogP contribution in [0, 0.1) is 0 Å². The first kappa shape index (κ1) is 18.9. The second-order valence-corrected chi connectivity index (χ2v) is 9.60. The molecule has 33 heavy (non-hydrogen) atoms. The van der Waals surface area contributed by atoms with Gasteiger partial charge in [-0.2, -0.15) is 0 Å². The summed E-state index contributed by atoms with van der Waals surface area (Å²) in [4.78, 5) is 0. The fourth-order valence-corrected chi connectivity index (χ4v) is 6.48. The van der Waals surface area contributed by atoms with Crippen molar-refractivity contribution in [2.45, 2.75) is 31.1 Å². The molecule has 6 aromatic carbocycles. The molecule has 0 heterocycles. The molecule has 0 aromatic heterocycles. The molecule has 2 unspecified atom stereocenters. The van der Waals surface area contributed by atoms with Crippen LogP contribution in [0.15, 0.2) is 109 Å². The van der Waals surface area contributed by atoms with E-state index in [0.29, 0.717) is 11.8 Å². The van der Waals surface area contributed by atoms with Crippen LogP contribution >= 0.6 is 0 Å². The number of benzene rings is 6. The summed E-state index contributed by atoms with van der Waals surface area (Å²) in [5, 5.41) is 11.0. The van der Waals surface area contributed by atoms with Gasteiger partial charge in [-0.05, 0) is 78.9 Å². The lowest BCUT2D eigenvalue weighted by molar-refractivity contribution is 0.632. The molecule has 0 amide bonds. The van der Waals surface area contributed by atoms with Gasteiger partial charge in [0.25, 0.3) is 0 Å². The van der Waals surface area contributed by atoms with Crippen molar-refractivity contribution >= 4 is 43.1 Å². The Hall–Kier alpha value is -3.64. The van der Waals surface area contributed by atoms with E-state index in [2.05, 4.69) is 109 Å². The van der Waals surface area contributed by atoms with Crippen molar-refractivity contribution in [3.63, 3.8) is 0 Å². The van der Waals surface area contributed by atoms with E-state index in [-0.39, 0.29) is 0 Å². The third-order valence-corrected chi connectivity index (χ3v) is 7.96. The number of hydrogen-bond donors (Lipinski definition) is 0. The minimum absolute atomic E-state index is 0.562. The molecule has 0 N–H and O–H groups in total. The molecule has 7 rings (SSSR count). The van der Waals surface area contributed by atoms with Gasteiger partial charge in [-0.15, -0.1) is 0 Å². The summed E-state index contributed by atoms with van der Waals surface area (Å²) < 4.78 is 0. The molecule has 0 nitrogen and oxygen atoms in total. The summed E-state index contributed by atoms with van der Waals surface area (Å²) in [5.74, 6) is 1.12. The Kier molecular flexibility index (Phi) is 4.27. The molecule has 0 aliphatic heterocycles. The molecule has 2 atom stereocenters. The van der Waals surface area contributed by atoms with Crippen LogP contribution in [-0.4, -0.2) is 0 Å². The molecule has 0 bridgehead atoms. The zero-order valence-electron chi connectivity index (χ0n) is 18.7. The van der Waals surface area contributed by atoms with Crippen LogP contribution in [0.4, 0.5) is 0 Å². The summed E-state index contributed by atoms with van der Waals surface area (Å²) in [5.41, 5.74) is 3.05. The van der Waals surface area contributed by atoms with Gasteiger partial charge in [0.15, 0.2) is 0 Å². The van der Waals surface area contributed by atoms with Crippen LogP contribution < -0.4 is 0 Å². The fraction of sp³-hybridized carbons (Fsp3) is 0.152. The normalized spacial score (nSPS) is 18.5. The predicted molar refractivity (Wildman–Crippen MR) is 142 cm³/mol. The van der Waals surface area contributed by atoms with Crippen LogP contribution in [0.2, 0.25) is 0 Å². The van der Waals surface area contributed by atoms with Crippen molar-refractivity contribution < 1.29 is 0 Å². The number of rotatable bonds is 2. The Morgan fingerprint density at radius 3 is 1.33 bits per heavy atom. The molecule has 1 aliphatic rings. The zero-order chi connectivity index (χ0) is 21.8. The topological polar surface area (TPSA) is 0 Å². The van der Waals surface area contributed by atoms with Crippen molar-refractivity contribution in [3.8, 4) is 0 Å². The third-order valence-electron chi connectivity index (χ3n) is 7.96. The minimum Gasteiger partial charge on any atom is -0.0616 e. The smallest absolute Gasteiger partial charge is 0.00867 e. The lowest BCUT2D eigenvalue weighted by Crippen LogP contribution is -2.06. The quantitative estimate of drug-likeness (QED) is 0.244. The van der Waals surface area contributed by atoms with Gasteiger partial charge in [-0.25, -0.2) is 0 Å². The Morgan fingerprint density at radius 1 is 0.364 bits per heavy atom. The SMILES string of the molecule is c1ccc2c(c1)ccc1c(C3CCCC3c3cccc4c3ccc3ccccc34)cccc12. The van der Waals surface area contributed by atoms with Crippen molar-refractivity contribution in [3.05, 3.63) is 120 Å². The molecule has 1 fully saturated rings. The molecule has 158 valence electrons. The van der Waals surface area contributed by atoms with Gasteiger partial charge in [-0.3, -0.25) is 0 Å². The Balaban J connectivity index is 1.42. The molecule has 0 spiro atoms. The van der Waals surface area contributed by atoms with Crippen LogP contribution in [0.5, 0.6) is 0 Å². The summed E-state index contributed by atoms with van der Waals surface area (Å²) in [6.07, 6.45) is 3.82. The average molecular weight is 423 g/mol. The molecule has 0 radical (unpaired) electrons. The van der Waals surface area contributed by atoms with E-state index in [0.717, 1.165) is 0 Å². The van der Waals surface area contributed by atoms with E-state index in [9.17, 15) is 0 Å². The maximum Gasteiger partial charge on any atom is -0.00867 e. The lowest BCUT2D eigenvalue weighted by Gasteiger charge is -2.24. The van der Waals surface area contributed by atoms with Gasteiger partial charge < -0.3 is 0 Å². The highest BCUT2D eigenvalue weighted by atomic mass is 14.4. The van der Waals surface area contributed by atoms with Gasteiger partial charge in [0, 0.05) is 0 Å². The average Bonchev–Trinajstić information content (AvgIpc) is 3.37. The van der Waals surface area contributed by atoms with E-state index in [1.807, 2.05) is 0 Å². The van der Waals surface area contributed by atoms with Gasteiger partial charge >= 0.3 is 0 Å². The highest BCUT2D eigenvalue weighted by Gasteiger charge is 2.32. The molecular weight excluding hydrogens is 396 g/mol. The van der Waals surface area contributed by atoms with Gasteiger partial charge in [0.2, 0.25) is 0 Å². The van der Waals surface area contributed by atoms with Gasteiger partial charge in [0.05, 0.1) is 0 Å². The Morgan fingerprint density at radius 2 is 0.818 bits per heavy atom. The van der Waals surface area contributed by atoms with Crippen molar-refractivity contribution in [2.75, 3.05) is 0 Å². The number of fused-ring (bicyclic) bond motifs is 6. The second-order valence-electron chi connectivity index (χ2n) is 9.60. The van der Waals surface area contributed by atoms with Gasteiger partial charge in [0.1, 0.15) is 0 Å². The highest BCUT2D eigenvalue weighted by molar-refractivity contribution is 6.09. The first-order valence-corrected chi connectivity index (χ1v) is 12.2. The van der Waals surface area contributed by atoms with Crippen LogP contribution in [0.25, 0.3) is 43.1 Å². The molecule has 0 saturated heterocycles. The van der Waals surface area contributed by atoms with E-state index in [1.165, 1.54) is 73.5 Å². The largest absolute Gasteiger partial charge is 0.0616 e. The van der Waals surface area contributed by atoms with Crippen molar-refractivity contribution in [1.82, 2.24) is 0 Å². The first-order chi connectivity index (χ1) is 16.4. The maximum atomic E-state index is 2.39. The second kappa shape index (κ2) is 7.46. The summed E-state index contributed by atoms with van der Waals surface area (Å²) in [6.45, 7) is 0. The van der Waals surface area contributed by atoms with Crippen molar-refractivity contribution in [2.24, 2.45) is 0 Å². The van der Waals surface area contributed by atoms with E-state index >= 15 is 0 Å². The molecule has 6 aromatic rings. The van der Waals surface area contributed by atoms with Crippen molar-refractivity contribution in [1.29, 1.82) is 0 Å². The van der Waals surface area contributed by atoms with E-state index in [4.69, 9.17) is 0 Å². The lowest BCUT2D eigenvalue weighted by atomic mass is 9.80. The Bertz CT molecular complexity index is 1530. The molecule has 1 aliphatic carbocycles. The molecule has 1 saturated carbocycles. The molecular formula is C33H26. The summed E-state index contributed by atoms with van der Waals surface area (Å²) in [7, 11) is 0. The van der Waals surface area contributed by atoms with Crippen LogP contribution in [0.3, 0.4) is 0 Å². The number of hydrogen-bond acceptors (Lipinski definition) is 0. The minimum atomic E-state index is 0.562. The van der Waals surface area contributed by atoms with E-state index < -0.39 is 0 Å². The first-order valence-electron chi connectivity index (χ1n) is 12.2. The van der Waals surface area contributed by atoms with Crippen LogP contribution in [0.1, 0.15) is 42.2 Å². The Labute approximate surface area is 194 Å². The van der Waals surface area contributed by atoms with Gasteiger partial charge in [-0.1, -0.05) is 116 Å². The van der Waals surface area contributed by atoms with Crippen LogP contribution in [-0.2, 0) is 0 Å². The zero-order valence-corrected chi connectivity index (χ0v) is 18.7. The highest BCUT2D eigenvalue weighted by Crippen LogP contribution is 2.49. The third kappa shape index (κ3) is 2.91. The monoisotopic (exact) mass is 422 g/mol. The predicted octanol–water partition coefficient (Wildman–Crippen LogP) is 9.35. The standard InChI is InChI=1S/C33H26/c1-3-10-24-22(8-1)18-20-32-26(24)12-5-16-30(32)28-14-7-15-29(28)31-17-6-13-27-25-11-4-2-9-23(25)19-21-33(27)31/h1-6,8-13,16-21,28-29H,7,14-15H2. The molecule has 0 heteroatoms. The summed E-state index contributed by atoms with van der Waals surface area (Å²) >= 11 is 0. The van der Waals surface area contributed by atoms with E-state index in [1.54, 1.807) is 0 Å². The maximum absolute atomic E-state index is 2.39. The summed E-state index contributed by atoms with van der Waals surface area (Å²) in [6, 6.07) is 40.8. The fourth-order valence-electron chi connectivity index (χ4n) is 6.48.